The summed E-state index contributed by atoms with van der Waals surface area (Å²) in [6.07, 6.45) is 3.34. The Bertz CT molecular complexity index is 612. The fourth-order valence-electron chi connectivity index (χ4n) is 1.72. The van der Waals surface area contributed by atoms with Crippen molar-refractivity contribution in [2.45, 2.75) is 0 Å². The number of rotatable bonds is 2. The van der Waals surface area contributed by atoms with E-state index >= 15 is 0 Å². The van der Waals surface area contributed by atoms with Crippen molar-refractivity contribution in [1.29, 1.82) is 0 Å². The van der Waals surface area contributed by atoms with Crippen LogP contribution in [0.3, 0.4) is 0 Å². The van der Waals surface area contributed by atoms with Crippen molar-refractivity contribution in [2.24, 2.45) is 0 Å². The van der Waals surface area contributed by atoms with Crippen molar-refractivity contribution in [3.8, 4) is 16.8 Å². The average Bonchev–Trinajstić information content (AvgIpc) is 2.98. The number of hydrogen-bond donors (Lipinski definition) is 1. The van der Waals surface area contributed by atoms with E-state index in [9.17, 15) is 0 Å². The first-order valence-electron chi connectivity index (χ1n) is 5.26. The van der Waals surface area contributed by atoms with E-state index in [1.54, 1.807) is 17.1 Å². The van der Waals surface area contributed by atoms with E-state index in [1.165, 1.54) is 0 Å². The molecule has 0 bridgehead atoms. The first-order valence-corrected chi connectivity index (χ1v) is 6.05. The normalized spacial score (nSPS) is 10.7. The lowest BCUT2D eigenvalue weighted by molar-refractivity contribution is 0.436. The predicted octanol–water partition coefficient (Wildman–Crippen LogP) is 2.87. The van der Waals surface area contributed by atoms with Gasteiger partial charge < -0.3 is 10.3 Å². The highest BCUT2D eigenvalue weighted by molar-refractivity contribution is 9.10. The van der Waals surface area contributed by atoms with E-state index in [1.807, 2.05) is 30.3 Å². The van der Waals surface area contributed by atoms with Gasteiger partial charge in [-0.1, -0.05) is 17.3 Å². The number of anilines is 1. The molecule has 3 rings (SSSR count). The van der Waals surface area contributed by atoms with Crippen LogP contribution in [0.15, 0.2) is 51.9 Å². The molecule has 0 saturated carbocycles. The summed E-state index contributed by atoms with van der Waals surface area (Å²) in [5.74, 6) is 0.322. The van der Waals surface area contributed by atoms with Crippen LogP contribution < -0.4 is 5.73 Å². The molecule has 3 aromatic rings. The maximum atomic E-state index is 5.68. The van der Waals surface area contributed by atoms with Crippen LogP contribution in [-0.2, 0) is 0 Å². The standard InChI is InChI=1S/C12H9BrN4O/c13-11-5-6-15-17(11)9-3-1-8(2-4-9)10-7-16-18-12(10)14/h1-7H,14H2. The van der Waals surface area contributed by atoms with Crippen molar-refractivity contribution in [3.05, 3.63) is 47.3 Å². The maximum absolute atomic E-state index is 5.68. The molecule has 0 aliphatic carbocycles. The van der Waals surface area contributed by atoms with E-state index in [-0.39, 0.29) is 0 Å². The highest BCUT2D eigenvalue weighted by Gasteiger charge is 2.07. The molecule has 1 aromatic carbocycles. The molecule has 0 aliphatic heterocycles. The van der Waals surface area contributed by atoms with Crippen LogP contribution in [0, 0.1) is 0 Å². The van der Waals surface area contributed by atoms with Gasteiger partial charge in [0, 0.05) is 0 Å². The molecular weight excluding hydrogens is 296 g/mol. The third-order valence-corrected chi connectivity index (χ3v) is 3.22. The summed E-state index contributed by atoms with van der Waals surface area (Å²) < 4.78 is 7.54. The quantitative estimate of drug-likeness (QED) is 0.790. The van der Waals surface area contributed by atoms with Crippen molar-refractivity contribution >= 4 is 21.8 Å². The van der Waals surface area contributed by atoms with Gasteiger partial charge in [0.15, 0.2) is 0 Å². The lowest BCUT2D eigenvalue weighted by atomic mass is 10.1. The number of nitrogen functional groups attached to an aromatic ring is 1. The second kappa shape index (κ2) is 4.30. The summed E-state index contributed by atoms with van der Waals surface area (Å²) in [6.45, 7) is 0. The molecule has 0 fully saturated rings. The number of benzene rings is 1. The monoisotopic (exact) mass is 304 g/mol. The molecule has 18 heavy (non-hydrogen) atoms. The maximum Gasteiger partial charge on any atom is 0.229 e. The van der Waals surface area contributed by atoms with Crippen LogP contribution >= 0.6 is 15.9 Å². The van der Waals surface area contributed by atoms with Crippen molar-refractivity contribution in [2.75, 3.05) is 5.73 Å². The Balaban J connectivity index is 2.00. The number of hydrogen-bond acceptors (Lipinski definition) is 4. The highest BCUT2D eigenvalue weighted by Crippen LogP contribution is 2.26. The van der Waals surface area contributed by atoms with Crippen LogP contribution in [0.25, 0.3) is 16.8 Å². The van der Waals surface area contributed by atoms with E-state index in [0.29, 0.717) is 5.88 Å². The third kappa shape index (κ3) is 1.80. The Labute approximate surface area is 111 Å². The second-order valence-corrected chi connectivity index (χ2v) is 4.53. The van der Waals surface area contributed by atoms with E-state index in [4.69, 9.17) is 10.3 Å². The van der Waals surface area contributed by atoms with Gasteiger partial charge in [-0.15, -0.1) is 0 Å². The van der Waals surface area contributed by atoms with Crippen LogP contribution in [0.4, 0.5) is 5.88 Å². The molecule has 2 heterocycles. The Morgan fingerprint density at radius 1 is 1.17 bits per heavy atom. The summed E-state index contributed by atoms with van der Waals surface area (Å²) in [5, 5.41) is 7.87. The minimum atomic E-state index is 0.322. The summed E-state index contributed by atoms with van der Waals surface area (Å²) in [5.41, 5.74) is 8.39. The van der Waals surface area contributed by atoms with Gasteiger partial charge in [0.25, 0.3) is 0 Å². The van der Waals surface area contributed by atoms with Crippen LogP contribution in [0.2, 0.25) is 0 Å². The van der Waals surface area contributed by atoms with Crippen LogP contribution in [0.5, 0.6) is 0 Å². The molecule has 0 spiro atoms. The fraction of sp³-hybridized carbons (Fsp3) is 0. The lowest BCUT2D eigenvalue weighted by Crippen LogP contribution is -1.95. The van der Waals surface area contributed by atoms with Crippen molar-refractivity contribution in [1.82, 2.24) is 14.9 Å². The molecule has 2 N–H and O–H groups in total. The van der Waals surface area contributed by atoms with Gasteiger partial charge in [-0.2, -0.15) is 5.10 Å². The van der Waals surface area contributed by atoms with Gasteiger partial charge in [0.1, 0.15) is 4.60 Å². The zero-order valence-corrected chi connectivity index (χ0v) is 10.8. The van der Waals surface area contributed by atoms with Gasteiger partial charge in [0.2, 0.25) is 5.88 Å². The molecule has 0 amide bonds. The SMILES string of the molecule is Nc1oncc1-c1ccc(-n2nccc2Br)cc1. The first kappa shape index (κ1) is 11.0. The number of nitrogens with two attached hydrogens (primary N) is 1. The summed E-state index contributed by atoms with van der Waals surface area (Å²) >= 11 is 3.43. The zero-order chi connectivity index (χ0) is 12.5. The topological polar surface area (TPSA) is 69.9 Å². The predicted molar refractivity (Wildman–Crippen MR) is 71.2 cm³/mol. The fourth-order valence-corrected chi connectivity index (χ4v) is 2.14. The summed E-state index contributed by atoms with van der Waals surface area (Å²) in [7, 11) is 0. The van der Waals surface area contributed by atoms with Gasteiger partial charge >= 0.3 is 0 Å². The van der Waals surface area contributed by atoms with E-state index in [2.05, 4.69) is 26.2 Å². The van der Waals surface area contributed by atoms with Crippen LogP contribution in [0.1, 0.15) is 0 Å². The second-order valence-electron chi connectivity index (χ2n) is 3.72. The molecule has 0 saturated heterocycles. The Morgan fingerprint density at radius 2 is 1.94 bits per heavy atom. The third-order valence-electron chi connectivity index (χ3n) is 2.62. The molecule has 6 heteroatoms. The summed E-state index contributed by atoms with van der Waals surface area (Å²) in [6, 6.07) is 9.70. The smallest absolute Gasteiger partial charge is 0.229 e. The Kier molecular flexibility index (Phi) is 2.64. The van der Waals surface area contributed by atoms with Gasteiger partial charge in [0.05, 0.1) is 23.6 Å². The molecule has 90 valence electrons. The Hall–Kier alpha value is -2.08. The molecule has 0 radical (unpaired) electrons. The molecule has 0 aliphatic rings. The minimum Gasteiger partial charge on any atom is -0.367 e. The van der Waals surface area contributed by atoms with E-state index < -0.39 is 0 Å². The average molecular weight is 305 g/mol. The van der Waals surface area contributed by atoms with Crippen molar-refractivity contribution < 1.29 is 4.52 Å². The Morgan fingerprint density at radius 3 is 2.50 bits per heavy atom. The highest BCUT2D eigenvalue weighted by atomic mass is 79.9. The van der Waals surface area contributed by atoms with E-state index in [0.717, 1.165) is 21.4 Å². The largest absolute Gasteiger partial charge is 0.367 e. The minimum absolute atomic E-state index is 0.322. The van der Waals surface area contributed by atoms with Gasteiger partial charge in [-0.3, -0.25) is 0 Å². The zero-order valence-electron chi connectivity index (χ0n) is 9.25. The molecule has 5 nitrogen and oxygen atoms in total. The molecule has 0 atom stereocenters. The van der Waals surface area contributed by atoms with Crippen molar-refractivity contribution in [3.63, 3.8) is 0 Å². The van der Waals surface area contributed by atoms with Gasteiger partial charge in [-0.25, -0.2) is 4.68 Å². The number of nitrogens with zero attached hydrogens (tertiary/aromatic N) is 3. The van der Waals surface area contributed by atoms with Gasteiger partial charge in [-0.05, 0) is 39.7 Å². The number of halogens is 1. The number of aromatic nitrogens is 3. The first-order chi connectivity index (χ1) is 8.75. The molecular formula is C12H9BrN4O. The summed E-state index contributed by atoms with van der Waals surface area (Å²) in [4.78, 5) is 0. The van der Waals surface area contributed by atoms with Crippen LogP contribution in [-0.4, -0.2) is 14.9 Å². The lowest BCUT2D eigenvalue weighted by Gasteiger charge is -2.04. The molecule has 0 unspecified atom stereocenters. The molecule has 2 aromatic heterocycles.